The Morgan fingerprint density at radius 2 is 2.03 bits per heavy atom. The Hall–Kier alpha value is -2.86. The van der Waals surface area contributed by atoms with Gasteiger partial charge in [0.15, 0.2) is 5.82 Å². The molecule has 0 radical (unpaired) electrons. The van der Waals surface area contributed by atoms with E-state index in [0.29, 0.717) is 6.54 Å². The molecule has 30 heavy (non-hydrogen) atoms. The second-order valence-corrected chi connectivity index (χ2v) is 7.37. The highest BCUT2D eigenvalue weighted by molar-refractivity contribution is 7.80. The molecule has 1 aromatic heterocycles. The van der Waals surface area contributed by atoms with Crippen molar-refractivity contribution in [1.82, 2.24) is 30.5 Å². The van der Waals surface area contributed by atoms with Crippen LogP contribution in [0.25, 0.3) is 17.6 Å². The summed E-state index contributed by atoms with van der Waals surface area (Å²) in [6, 6.07) is 3.24. The second-order valence-electron chi connectivity index (χ2n) is 6.86. The first kappa shape index (κ1) is 21.8. The molecule has 2 aromatic rings. The molecule has 1 aliphatic heterocycles. The predicted octanol–water partition coefficient (Wildman–Crippen LogP) is 1.82. The molecule has 1 unspecified atom stereocenters. The van der Waals surface area contributed by atoms with E-state index in [-0.39, 0.29) is 28.1 Å². The maximum Gasteiger partial charge on any atom is 0.416 e. The second kappa shape index (κ2) is 8.88. The van der Waals surface area contributed by atoms with Crippen LogP contribution in [0.4, 0.5) is 13.2 Å². The Balaban J connectivity index is 1.60. The van der Waals surface area contributed by atoms with Gasteiger partial charge in [0.05, 0.1) is 11.5 Å². The summed E-state index contributed by atoms with van der Waals surface area (Å²) in [5.74, 6) is -0.999. The number of hydrogen-bond acceptors (Lipinski definition) is 6. The zero-order valence-corrected chi connectivity index (χ0v) is 16.7. The number of thiol groups is 1. The van der Waals surface area contributed by atoms with E-state index in [2.05, 4.69) is 33.6 Å². The number of hydrogen-bond donors (Lipinski definition) is 3. The molecule has 0 spiro atoms. The zero-order valence-electron chi connectivity index (χ0n) is 15.8. The van der Waals surface area contributed by atoms with Crippen molar-refractivity contribution in [2.75, 3.05) is 20.1 Å². The molecule has 2 amide bonds. The Kier molecular flexibility index (Phi) is 6.46. The standard InChI is InChI=1S/C18H19F3N6O2S/c1-26-4-2-11(9-26)17(29)24-23-15(28)3-5-27-10-22-16(25-27)12-6-13(18(19,20)21)8-14(30)7-12/h3,5-8,10-11,30H,2,4,9H2,1H3,(H,23,28)(H,24,29)/b5-3-. The van der Waals surface area contributed by atoms with Crippen LogP contribution in [0.3, 0.4) is 0 Å². The molecule has 12 heteroatoms. The van der Waals surface area contributed by atoms with Crippen molar-refractivity contribution in [3.63, 3.8) is 0 Å². The highest BCUT2D eigenvalue weighted by Crippen LogP contribution is 2.33. The van der Waals surface area contributed by atoms with Gasteiger partial charge in [0, 0.05) is 29.3 Å². The first-order valence-corrected chi connectivity index (χ1v) is 9.36. The minimum atomic E-state index is -4.52. The van der Waals surface area contributed by atoms with E-state index < -0.39 is 17.6 Å². The third-order valence-electron chi connectivity index (χ3n) is 4.46. The topological polar surface area (TPSA) is 92.2 Å². The van der Waals surface area contributed by atoms with Crippen molar-refractivity contribution >= 4 is 30.6 Å². The molecular weight excluding hydrogens is 421 g/mol. The highest BCUT2D eigenvalue weighted by Gasteiger charge is 2.31. The summed E-state index contributed by atoms with van der Waals surface area (Å²) < 4.78 is 40.0. The molecule has 0 aliphatic carbocycles. The van der Waals surface area contributed by atoms with Crippen molar-refractivity contribution in [3.8, 4) is 11.4 Å². The molecule has 2 heterocycles. The Morgan fingerprint density at radius 1 is 1.27 bits per heavy atom. The minimum Gasteiger partial charge on any atom is -0.306 e. The van der Waals surface area contributed by atoms with Gasteiger partial charge in [-0.15, -0.1) is 17.7 Å². The molecule has 160 valence electrons. The summed E-state index contributed by atoms with van der Waals surface area (Å²) in [6.45, 7) is 1.45. The van der Waals surface area contributed by atoms with E-state index in [1.807, 2.05) is 11.9 Å². The van der Waals surface area contributed by atoms with Gasteiger partial charge in [-0.1, -0.05) is 0 Å². The summed E-state index contributed by atoms with van der Waals surface area (Å²) in [4.78, 5) is 29.9. The number of halogens is 3. The maximum absolute atomic E-state index is 13.0. The molecule has 1 saturated heterocycles. The number of likely N-dealkylation sites (tertiary alicyclic amines) is 1. The lowest BCUT2D eigenvalue weighted by Crippen LogP contribution is -2.44. The lowest BCUT2D eigenvalue weighted by molar-refractivity contribution is -0.137. The number of alkyl halides is 3. The average molecular weight is 440 g/mol. The summed E-state index contributed by atoms with van der Waals surface area (Å²) in [6.07, 6.45) is -0.192. The number of carbonyl (C=O) groups excluding carboxylic acids is 2. The number of aromatic nitrogens is 3. The van der Waals surface area contributed by atoms with Crippen molar-refractivity contribution in [1.29, 1.82) is 0 Å². The fourth-order valence-corrected chi connectivity index (χ4v) is 3.22. The highest BCUT2D eigenvalue weighted by atomic mass is 32.1. The van der Waals surface area contributed by atoms with Gasteiger partial charge >= 0.3 is 6.18 Å². The van der Waals surface area contributed by atoms with Crippen LogP contribution in [-0.4, -0.2) is 51.6 Å². The molecule has 1 aliphatic rings. The van der Waals surface area contributed by atoms with Crippen LogP contribution in [0, 0.1) is 5.92 Å². The number of amides is 2. The zero-order chi connectivity index (χ0) is 21.9. The Labute approximate surface area is 175 Å². The lowest BCUT2D eigenvalue weighted by Gasteiger charge is -2.11. The van der Waals surface area contributed by atoms with E-state index in [1.54, 1.807) is 0 Å². The number of benzene rings is 1. The summed E-state index contributed by atoms with van der Waals surface area (Å²) in [7, 11) is 1.91. The fraction of sp³-hybridized carbons (Fsp3) is 0.333. The normalized spacial score (nSPS) is 17.4. The van der Waals surface area contributed by atoms with Gasteiger partial charge in [-0.05, 0) is 38.2 Å². The first-order valence-electron chi connectivity index (χ1n) is 8.91. The first-order chi connectivity index (χ1) is 14.1. The maximum atomic E-state index is 13.0. The fourth-order valence-electron chi connectivity index (χ4n) is 2.94. The predicted molar refractivity (Wildman–Crippen MR) is 105 cm³/mol. The van der Waals surface area contributed by atoms with Crippen LogP contribution in [-0.2, 0) is 15.8 Å². The monoisotopic (exact) mass is 440 g/mol. The minimum absolute atomic E-state index is 0.0418. The SMILES string of the molecule is CN1CCC(C(=O)NNC(=O)/C=C\n2cnc(-c3cc(S)cc(C(F)(F)F)c3)n2)C1. The quantitative estimate of drug-likeness (QED) is 0.383. The van der Waals surface area contributed by atoms with Crippen molar-refractivity contribution in [2.24, 2.45) is 5.92 Å². The number of carbonyl (C=O) groups is 2. The van der Waals surface area contributed by atoms with Crippen LogP contribution in [0.2, 0.25) is 0 Å². The van der Waals surface area contributed by atoms with Crippen LogP contribution >= 0.6 is 12.6 Å². The van der Waals surface area contributed by atoms with E-state index in [4.69, 9.17) is 0 Å². The van der Waals surface area contributed by atoms with E-state index in [0.717, 1.165) is 31.2 Å². The molecule has 1 aromatic carbocycles. The average Bonchev–Trinajstić information content (AvgIpc) is 3.32. The molecule has 1 fully saturated rings. The van der Waals surface area contributed by atoms with Crippen LogP contribution < -0.4 is 10.9 Å². The summed E-state index contributed by atoms with van der Waals surface area (Å²) in [5, 5.41) is 4.03. The number of nitrogens with one attached hydrogen (secondary N) is 2. The molecule has 8 nitrogen and oxygen atoms in total. The molecular formula is C18H19F3N6O2S. The Morgan fingerprint density at radius 3 is 2.70 bits per heavy atom. The van der Waals surface area contributed by atoms with E-state index in [1.165, 1.54) is 23.3 Å². The smallest absolute Gasteiger partial charge is 0.306 e. The van der Waals surface area contributed by atoms with Crippen LogP contribution in [0.1, 0.15) is 12.0 Å². The van der Waals surface area contributed by atoms with Crippen molar-refractivity contribution in [3.05, 3.63) is 36.2 Å². The third-order valence-corrected chi connectivity index (χ3v) is 4.72. The number of hydrazine groups is 1. The van der Waals surface area contributed by atoms with E-state index in [9.17, 15) is 22.8 Å². The molecule has 0 bridgehead atoms. The summed E-state index contributed by atoms with van der Waals surface area (Å²) >= 11 is 3.99. The third kappa shape index (κ3) is 5.60. The van der Waals surface area contributed by atoms with Gasteiger partial charge in [-0.3, -0.25) is 20.4 Å². The van der Waals surface area contributed by atoms with Gasteiger partial charge in [0.1, 0.15) is 6.33 Å². The van der Waals surface area contributed by atoms with Crippen LogP contribution in [0.15, 0.2) is 35.5 Å². The molecule has 1 atom stereocenters. The largest absolute Gasteiger partial charge is 0.416 e. The van der Waals surface area contributed by atoms with E-state index >= 15 is 0 Å². The Bertz CT molecular complexity index is 975. The van der Waals surface area contributed by atoms with Gasteiger partial charge in [0.25, 0.3) is 5.91 Å². The van der Waals surface area contributed by atoms with Crippen molar-refractivity contribution in [2.45, 2.75) is 17.5 Å². The van der Waals surface area contributed by atoms with Crippen LogP contribution in [0.5, 0.6) is 0 Å². The molecule has 3 rings (SSSR count). The molecule has 0 saturated carbocycles. The van der Waals surface area contributed by atoms with Gasteiger partial charge in [-0.25, -0.2) is 9.67 Å². The van der Waals surface area contributed by atoms with Crippen molar-refractivity contribution < 1.29 is 22.8 Å². The summed E-state index contributed by atoms with van der Waals surface area (Å²) in [5.41, 5.74) is 3.91. The lowest BCUT2D eigenvalue weighted by atomic mass is 10.1. The van der Waals surface area contributed by atoms with Gasteiger partial charge in [-0.2, -0.15) is 13.2 Å². The number of rotatable bonds is 4. The van der Waals surface area contributed by atoms with Gasteiger partial charge in [0.2, 0.25) is 5.91 Å². The van der Waals surface area contributed by atoms with Gasteiger partial charge < -0.3 is 4.90 Å². The molecule has 2 N–H and O–H groups in total. The number of nitrogens with zero attached hydrogens (tertiary/aromatic N) is 4.